The van der Waals surface area contributed by atoms with E-state index in [1.165, 1.54) is 19.2 Å². The van der Waals surface area contributed by atoms with Crippen LogP contribution in [0.4, 0.5) is 0 Å². The average molecular weight is 369 g/mol. The van der Waals surface area contributed by atoms with Crippen LogP contribution in [0.5, 0.6) is 0 Å². The van der Waals surface area contributed by atoms with Gasteiger partial charge >= 0.3 is 0 Å². The number of rotatable bonds is 4. The predicted molar refractivity (Wildman–Crippen MR) is 100 cm³/mol. The van der Waals surface area contributed by atoms with Crippen molar-refractivity contribution < 1.29 is 4.79 Å². The van der Waals surface area contributed by atoms with Crippen molar-refractivity contribution in [3.63, 3.8) is 0 Å². The van der Waals surface area contributed by atoms with Crippen molar-refractivity contribution in [2.24, 2.45) is 7.05 Å². The molecule has 0 saturated carbocycles. The Morgan fingerprint density at radius 3 is 2.78 bits per heavy atom. The minimum absolute atomic E-state index is 0.0114. The fourth-order valence-corrected chi connectivity index (χ4v) is 4.15. The number of aryl methyl sites for hydroxylation is 1. The number of hydrogen-bond acceptors (Lipinski definition) is 6. The first-order valence-electron chi connectivity index (χ1n) is 9.80. The predicted octanol–water partition coefficient (Wildman–Crippen LogP) is 1.53. The number of amides is 1. The van der Waals surface area contributed by atoms with Crippen molar-refractivity contribution in [1.29, 1.82) is 0 Å². The summed E-state index contributed by atoms with van der Waals surface area (Å²) in [4.78, 5) is 25.4. The summed E-state index contributed by atoms with van der Waals surface area (Å²) in [6.45, 7) is 6.44. The third-order valence-corrected chi connectivity index (χ3v) is 5.78. The molecule has 2 aromatic heterocycles. The van der Waals surface area contributed by atoms with Crippen molar-refractivity contribution >= 4 is 5.91 Å². The zero-order valence-electron chi connectivity index (χ0n) is 16.1. The highest BCUT2D eigenvalue weighted by molar-refractivity contribution is 5.95. The van der Waals surface area contributed by atoms with Gasteiger partial charge in [-0.25, -0.2) is 9.97 Å². The van der Waals surface area contributed by atoms with Crippen LogP contribution in [0.15, 0.2) is 12.5 Å². The van der Waals surface area contributed by atoms with Crippen LogP contribution < -0.4 is 0 Å². The molecule has 2 aliphatic heterocycles. The van der Waals surface area contributed by atoms with Crippen molar-refractivity contribution in [2.75, 3.05) is 26.2 Å². The molecule has 1 atom stereocenters. The van der Waals surface area contributed by atoms with Crippen LogP contribution >= 0.6 is 0 Å². The van der Waals surface area contributed by atoms with Crippen LogP contribution in [0.2, 0.25) is 0 Å². The maximum atomic E-state index is 12.9. The van der Waals surface area contributed by atoms with Gasteiger partial charge in [-0.1, -0.05) is 0 Å². The molecule has 2 aromatic rings. The van der Waals surface area contributed by atoms with Crippen LogP contribution in [0, 0.1) is 6.92 Å². The fourth-order valence-electron chi connectivity index (χ4n) is 4.15. The molecule has 0 aliphatic carbocycles. The highest BCUT2D eigenvalue weighted by Gasteiger charge is 2.30. The summed E-state index contributed by atoms with van der Waals surface area (Å²) in [5.74, 6) is 2.24. The Balaban J connectivity index is 1.47. The summed E-state index contributed by atoms with van der Waals surface area (Å²) in [5, 5.41) is 8.93. The van der Waals surface area contributed by atoms with Crippen LogP contribution in [-0.2, 0) is 13.6 Å². The Kier molecular flexibility index (Phi) is 5.15. The van der Waals surface area contributed by atoms with E-state index in [9.17, 15) is 4.79 Å². The lowest BCUT2D eigenvalue weighted by molar-refractivity contribution is 0.0701. The quantitative estimate of drug-likeness (QED) is 0.813. The zero-order chi connectivity index (χ0) is 18.8. The van der Waals surface area contributed by atoms with E-state index < -0.39 is 0 Å². The van der Waals surface area contributed by atoms with E-state index in [-0.39, 0.29) is 11.8 Å². The molecule has 0 radical (unpaired) electrons. The Morgan fingerprint density at radius 2 is 2.00 bits per heavy atom. The molecule has 4 rings (SSSR count). The van der Waals surface area contributed by atoms with Crippen LogP contribution in [0.25, 0.3) is 0 Å². The van der Waals surface area contributed by atoms with E-state index in [4.69, 9.17) is 0 Å². The van der Waals surface area contributed by atoms with Crippen molar-refractivity contribution in [3.8, 4) is 0 Å². The van der Waals surface area contributed by atoms with Gasteiger partial charge < -0.3 is 9.47 Å². The Hall–Kier alpha value is -2.35. The standard InChI is InChI=1S/C19H27N7O/c1-14-16(10-20-13-21-14)19(27)26-9-5-6-15(11-26)18-23-22-17(24(18)2)12-25-7-3-4-8-25/h10,13,15H,3-9,11-12H2,1-2H3/t15-/m0/s1. The summed E-state index contributed by atoms with van der Waals surface area (Å²) in [6.07, 6.45) is 7.64. The number of hydrogen-bond donors (Lipinski definition) is 0. The Morgan fingerprint density at radius 1 is 1.19 bits per heavy atom. The average Bonchev–Trinajstić information content (AvgIpc) is 3.32. The minimum Gasteiger partial charge on any atom is -0.338 e. The van der Waals surface area contributed by atoms with Gasteiger partial charge in [0.1, 0.15) is 18.0 Å². The van der Waals surface area contributed by atoms with Gasteiger partial charge in [-0.3, -0.25) is 9.69 Å². The second-order valence-corrected chi connectivity index (χ2v) is 7.63. The van der Waals surface area contributed by atoms with Gasteiger partial charge in [-0.15, -0.1) is 10.2 Å². The molecular formula is C19H27N7O. The lowest BCUT2D eigenvalue weighted by Gasteiger charge is -2.32. The van der Waals surface area contributed by atoms with Gasteiger partial charge in [0, 0.05) is 32.3 Å². The third kappa shape index (κ3) is 3.71. The summed E-state index contributed by atoms with van der Waals surface area (Å²) < 4.78 is 2.13. The first-order valence-corrected chi connectivity index (χ1v) is 9.80. The van der Waals surface area contributed by atoms with Crippen molar-refractivity contribution in [1.82, 2.24) is 34.5 Å². The SMILES string of the molecule is Cc1ncncc1C(=O)N1CCC[C@H](c2nnc(CN3CCCC3)n2C)C1. The second-order valence-electron chi connectivity index (χ2n) is 7.63. The van der Waals surface area contributed by atoms with Gasteiger partial charge in [-0.05, 0) is 45.7 Å². The molecule has 0 N–H and O–H groups in total. The Labute approximate surface area is 159 Å². The first kappa shape index (κ1) is 18.0. The molecule has 8 nitrogen and oxygen atoms in total. The molecule has 4 heterocycles. The van der Waals surface area contributed by atoms with E-state index in [2.05, 4.69) is 36.7 Å². The molecule has 2 aliphatic rings. The number of carbonyl (C=O) groups excluding carboxylic acids is 1. The van der Waals surface area contributed by atoms with Crippen LogP contribution in [0.1, 0.15) is 59.3 Å². The molecule has 27 heavy (non-hydrogen) atoms. The van der Waals surface area contributed by atoms with Crippen molar-refractivity contribution in [3.05, 3.63) is 35.4 Å². The van der Waals surface area contributed by atoms with Crippen LogP contribution in [-0.4, -0.2) is 66.6 Å². The highest BCUT2D eigenvalue weighted by atomic mass is 16.2. The molecular weight excluding hydrogens is 342 g/mol. The summed E-state index contributed by atoms with van der Waals surface area (Å²) in [5.41, 5.74) is 1.31. The highest BCUT2D eigenvalue weighted by Crippen LogP contribution is 2.27. The lowest BCUT2D eigenvalue weighted by atomic mass is 9.96. The second kappa shape index (κ2) is 7.72. The van der Waals surface area contributed by atoms with E-state index >= 15 is 0 Å². The van der Waals surface area contributed by atoms with Crippen molar-refractivity contribution in [2.45, 2.75) is 45.1 Å². The molecule has 1 amide bonds. The first-order chi connectivity index (χ1) is 13.1. The smallest absolute Gasteiger partial charge is 0.257 e. The maximum absolute atomic E-state index is 12.9. The molecule has 0 aromatic carbocycles. The number of aromatic nitrogens is 5. The molecule has 8 heteroatoms. The van der Waals surface area contributed by atoms with E-state index in [0.717, 1.165) is 56.4 Å². The molecule has 2 saturated heterocycles. The monoisotopic (exact) mass is 369 g/mol. The summed E-state index contributed by atoms with van der Waals surface area (Å²) in [6, 6.07) is 0. The van der Waals surface area contributed by atoms with Gasteiger partial charge in [0.05, 0.1) is 17.8 Å². The molecule has 2 fully saturated rings. The van der Waals surface area contributed by atoms with E-state index in [1.54, 1.807) is 6.20 Å². The summed E-state index contributed by atoms with van der Waals surface area (Å²) >= 11 is 0. The fraction of sp³-hybridized carbons (Fsp3) is 0.632. The maximum Gasteiger partial charge on any atom is 0.257 e. The molecule has 0 bridgehead atoms. The normalized spacial score (nSPS) is 21.0. The number of piperidine rings is 1. The van der Waals surface area contributed by atoms with Gasteiger partial charge in [-0.2, -0.15) is 0 Å². The molecule has 0 unspecified atom stereocenters. The third-order valence-electron chi connectivity index (χ3n) is 5.78. The van der Waals surface area contributed by atoms with Gasteiger partial charge in [0.2, 0.25) is 0 Å². The van der Waals surface area contributed by atoms with E-state index in [1.807, 2.05) is 11.8 Å². The molecule has 144 valence electrons. The lowest BCUT2D eigenvalue weighted by Crippen LogP contribution is -2.40. The van der Waals surface area contributed by atoms with E-state index in [0.29, 0.717) is 12.1 Å². The van der Waals surface area contributed by atoms with Gasteiger partial charge in [0.25, 0.3) is 5.91 Å². The topological polar surface area (TPSA) is 80.0 Å². The zero-order valence-corrected chi connectivity index (χ0v) is 16.1. The number of nitrogens with zero attached hydrogens (tertiary/aromatic N) is 7. The van der Waals surface area contributed by atoms with Crippen LogP contribution in [0.3, 0.4) is 0 Å². The molecule has 0 spiro atoms. The minimum atomic E-state index is 0.0114. The Bertz CT molecular complexity index is 812. The number of likely N-dealkylation sites (tertiary alicyclic amines) is 2. The number of carbonyl (C=O) groups is 1. The van der Waals surface area contributed by atoms with Gasteiger partial charge in [0.15, 0.2) is 0 Å². The summed E-state index contributed by atoms with van der Waals surface area (Å²) in [7, 11) is 2.05. The largest absolute Gasteiger partial charge is 0.338 e.